The molecule has 1 fully saturated rings. The standard InChI is InChI=1S/C25H31N7O/c1-3-32-24-18(14-28-32)23(29-16(2)17-9-5-4-6-10-17)19(13-26-24)25(33)27-15-22-30-20-11-7-8-12-21(20)31-22/h7-8,11-14,16-17H,3-6,9-10,15H2,1-2H3,(H,26,29)(H,27,33)(H,30,31)/t16-/m1/s1. The molecule has 8 heteroatoms. The fourth-order valence-corrected chi connectivity index (χ4v) is 4.91. The largest absolute Gasteiger partial charge is 0.381 e. The maximum absolute atomic E-state index is 13.3. The van der Waals surface area contributed by atoms with Gasteiger partial charge >= 0.3 is 0 Å². The number of aromatic nitrogens is 5. The van der Waals surface area contributed by atoms with Crippen molar-refractivity contribution in [1.29, 1.82) is 0 Å². The van der Waals surface area contributed by atoms with Crippen molar-refractivity contribution >= 4 is 33.7 Å². The molecule has 1 saturated carbocycles. The molecular weight excluding hydrogens is 414 g/mol. The molecule has 33 heavy (non-hydrogen) atoms. The van der Waals surface area contributed by atoms with E-state index >= 15 is 0 Å². The zero-order valence-corrected chi connectivity index (χ0v) is 19.3. The fourth-order valence-electron chi connectivity index (χ4n) is 4.91. The number of amides is 1. The minimum absolute atomic E-state index is 0.174. The number of benzene rings is 1. The third-order valence-corrected chi connectivity index (χ3v) is 6.79. The third kappa shape index (κ3) is 4.29. The van der Waals surface area contributed by atoms with E-state index in [1.54, 1.807) is 6.20 Å². The molecule has 0 spiro atoms. The van der Waals surface area contributed by atoms with Gasteiger partial charge in [-0.3, -0.25) is 4.79 Å². The number of carbonyl (C=O) groups is 1. The molecule has 0 unspecified atom stereocenters. The number of aromatic amines is 1. The van der Waals surface area contributed by atoms with Gasteiger partial charge in [0.1, 0.15) is 5.82 Å². The number of imidazole rings is 1. The maximum atomic E-state index is 13.3. The van der Waals surface area contributed by atoms with Crippen molar-refractivity contribution in [3.8, 4) is 0 Å². The van der Waals surface area contributed by atoms with Crippen LogP contribution in [-0.4, -0.2) is 36.7 Å². The van der Waals surface area contributed by atoms with Crippen LogP contribution in [0.2, 0.25) is 0 Å². The molecule has 5 rings (SSSR count). The molecular formula is C25H31N7O. The summed E-state index contributed by atoms with van der Waals surface area (Å²) in [5, 5.41) is 12.1. The number of nitrogens with one attached hydrogen (secondary N) is 3. The molecule has 3 aromatic heterocycles. The number of H-pyrrole nitrogens is 1. The lowest BCUT2D eigenvalue weighted by Gasteiger charge is -2.29. The van der Waals surface area contributed by atoms with Crippen LogP contribution in [-0.2, 0) is 13.1 Å². The SMILES string of the molecule is CCn1ncc2c(N[C@H](C)C3CCCCC3)c(C(=O)NCc3nc4ccccc4[nH]3)cnc21. The zero-order chi connectivity index (χ0) is 22.8. The Balaban J connectivity index is 1.41. The summed E-state index contributed by atoms with van der Waals surface area (Å²) in [4.78, 5) is 25.7. The van der Waals surface area contributed by atoms with Gasteiger partial charge in [-0.15, -0.1) is 0 Å². The summed E-state index contributed by atoms with van der Waals surface area (Å²) in [5.74, 6) is 1.16. The monoisotopic (exact) mass is 445 g/mol. The molecule has 0 radical (unpaired) electrons. The average Bonchev–Trinajstić information content (AvgIpc) is 3.47. The van der Waals surface area contributed by atoms with E-state index in [-0.39, 0.29) is 11.9 Å². The van der Waals surface area contributed by atoms with E-state index in [9.17, 15) is 4.79 Å². The number of nitrogens with zero attached hydrogens (tertiary/aromatic N) is 4. The molecule has 0 saturated heterocycles. The molecule has 1 atom stereocenters. The van der Waals surface area contributed by atoms with Crippen molar-refractivity contribution in [3.63, 3.8) is 0 Å². The number of para-hydroxylation sites is 2. The van der Waals surface area contributed by atoms with Crippen LogP contribution in [0.5, 0.6) is 0 Å². The fraction of sp³-hybridized carbons (Fsp3) is 0.440. The number of rotatable bonds is 7. The normalized spacial score (nSPS) is 15.7. The molecule has 172 valence electrons. The molecule has 1 amide bonds. The van der Waals surface area contributed by atoms with E-state index in [1.165, 1.54) is 32.1 Å². The third-order valence-electron chi connectivity index (χ3n) is 6.79. The van der Waals surface area contributed by atoms with Crippen LogP contribution in [0.3, 0.4) is 0 Å². The second-order valence-corrected chi connectivity index (χ2v) is 8.96. The van der Waals surface area contributed by atoms with Crippen LogP contribution < -0.4 is 10.6 Å². The second kappa shape index (κ2) is 9.21. The molecule has 8 nitrogen and oxygen atoms in total. The van der Waals surface area contributed by atoms with Crippen molar-refractivity contribution in [2.75, 3.05) is 5.32 Å². The summed E-state index contributed by atoms with van der Waals surface area (Å²) in [5.41, 5.74) is 4.00. The molecule has 0 bridgehead atoms. The Hall–Kier alpha value is -3.42. The number of carbonyl (C=O) groups excluding carboxylic acids is 1. The molecule has 4 aromatic rings. The Bertz CT molecular complexity index is 1240. The number of hydrogen-bond donors (Lipinski definition) is 3. The minimum Gasteiger partial charge on any atom is -0.381 e. The van der Waals surface area contributed by atoms with E-state index in [1.807, 2.05) is 42.1 Å². The molecule has 3 heterocycles. The van der Waals surface area contributed by atoms with Gasteiger partial charge in [-0.2, -0.15) is 5.10 Å². The van der Waals surface area contributed by atoms with Crippen LogP contribution in [0.15, 0.2) is 36.7 Å². The van der Waals surface area contributed by atoms with Gasteiger partial charge in [-0.05, 0) is 44.7 Å². The number of fused-ring (bicyclic) bond motifs is 2. The second-order valence-electron chi connectivity index (χ2n) is 8.96. The first-order valence-electron chi connectivity index (χ1n) is 12.0. The number of hydrogen-bond acceptors (Lipinski definition) is 5. The highest BCUT2D eigenvalue weighted by Crippen LogP contribution is 2.32. The number of anilines is 1. The Labute approximate surface area is 193 Å². The highest BCUT2D eigenvalue weighted by atomic mass is 16.1. The van der Waals surface area contributed by atoms with Gasteiger partial charge in [0.15, 0.2) is 5.65 Å². The maximum Gasteiger partial charge on any atom is 0.255 e. The van der Waals surface area contributed by atoms with Gasteiger partial charge in [-0.1, -0.05) is 31.4 Å². The van der Waals surface area contributed by atoms with Crippen LogP contribution in [0.4, 0.5) is 5.69 Å². The van der Waals surface area contributed by atoms with Crippen molar-refractivity contribution in [2.24, 2.45) is 5.92 Å². The van der Waals surface area contributed by atoms with Crippen molar-refractivity contribution in [2.45, 2.75) is 65.1 Å². The molecule has 1 aliphatic rings. The summed E-state index contributed by atoms with van der Waals surface area (Å²) >= 11 is 0. The van der Waals surface area contributed by atoms with Gasteiger partial charge in [0.2, 0.25) is 0 Å². The van der Waals surface area contributed by atoms with Crippen LogP contribution >= 0.6 is 0 Å². The van der Waals surface area contributed by atoms with Crippen molar-refractivity contribution in [3.05, 3.63) is 48.0 Å². The van der Waals surface area contributed by atoms with Crippen LogP contribution in [0.25, 0.3) is 22.1 Å². The Morgan fingerprint density at radius 1 is 1.21 bits per heavy atom. The first kappa shape index (κ1) is 21.4. The van der Waals surface area contributed by atoms with Crippen LogP contribution in [0.1, 0.15) is 62.1 Å². The first-order valence-corrected chi connectivity index (χ1v) is 12.0. The van der Waals surface area contributed by atoms with E-state index in [0.29, 0.717) is 18.0 Å². The highest BCUT2D eigenvalue weighted by molar-refractivity contribution is 6.06. The van der Waals surface area contributed by atoms with Gasteiger partial charge in [0, 0.05) is 18.8 Å². The molecule has 0 aliphatic heterocycles. The van der Waals surface area contributed by atoms with Gasteiger partial charge < -0.3 is 15.6 Å². The predicted molar refractivity (Wildman–Crippen MR) is 130 cm³/mol. The predicted octanol–water partition coefficient (Wildman–Crippen LogP) is 4.64. The summed E-state index contributed by atoms with van der Waals surface area (Å²) in [7, 11) is 0. The van der Waals surface area contributed by atoms with E-state index < -0.39 is 0 Å². The lowest BCUT2D eigenvalue weighted by atomic mass is 9.84. The van der Waals surface area contributed by atoms with Crippen molar-refractivity contribution in [1.82, 2.24) is 30.0 Å². The Kier molecular flexibility index (Phi) is 5.98. The van der Waals surface area contributed by atoms with Crippen molar-refractivity contribution < 1.29 is 4.79 Å². The summed E-state index contributed by atoms with van der Waals surface area (Å²) in [6.45, 7) is 5.31. The Morgan fingerprint density at radius 2 is 2.03 bits per heavy atom. The van der Waals surface area contributed by atoms with Crippen LogP contribution in [0, 0.1) is 5.92 Å². The number of aryl methyl sites for hydroxylation is 1. The summed E-state index contributed by atoms with van der Waals surface area (Å²) in [6.07, 6.45) is 9.82. The smallest absolute Gasteiger partial charge is 0.255 e. The first-order chi connectivity index (χ1) is 16.1. The minimum atomic E-state index is -0.174. The number of pyridine rings is 1. The molecule has 1 aromatic carbocycles. The zero-order valence-electron chi connectivity index (χ0n) is 19.3. The summed E-state index contributed by atoms with van der Waals surface area (Å²) in [6, 6.07) is 8.11. The molecule has 3 N–H and O–H groups in total. The highest BCUT2D eigenvalue weighted by Gasteiger charge is 2.24. The quantitative estimate of drug-likeness (QED) is 0.385. The van der Waals surface area contributed by atoms with Gasteiger partial charge in [0.05, 0.1) is 40.4 Å². The lowest BCUT2D eigenvalue weighted by molar-refractivity contribution is 0.0950. The van der Waals surface area contributed by atoms with E-state index in [4.69, 9.17) is 0 Å². The van der Waals surface area contributed by atoms with Gasteiger partial charge in [0.25, 0.3) is 5.91 Å². The van der Waals surface area contributed by atoms with Gasteiger partial charge in [-0.25, -0.2) is 14.6 Å². The topological polar surface area (TPSA) is 101 Å². The molecule has 1 aliphatic carbocycles. The Morgan fingerprint density at radius 3 is 2.82 bits per heavy atom. The lowest BCUT2D eigenvalue weighted by Crippen LogP contribution is -2.30. The summed E-state index contributed by atoms with van der Waals surface area (Å²) < 4.78 is 1.86. The van der Waals surface area contributed by atoms with E-state index in [2.05, 4.69) is 37.6 Å². The average molecular weight is 446 g/mol. The van der Waals surface area contributed by atoms with E-state index in [0.717, 1.165) is 40.1 Å².